The van der Waals surface area contributed by atoms with Crippen LogP contribution in [0.5, 0.6) is 0 Å². The highest BCUT2D eigenvalue weighted by Crippen LogP contribution is 2.14. The van der Waals surface area contributed by atoms with Crippen molar-refractivity contribution < 1.29 is 9.84 Å². The smallest absolute Gasteiger partial charge is 0.0483 e. The van der Waals surface area contributed by atoms with Crippen LogP contribution in [0.3, 0.4) is 0 Å². The zero-order valence-electron chi connectivity index (χ0n) is 7.83. The van der Waals surface area contributed by atoms with Crippen molar-refractivity contribution in [2.24, 2.45) is 5.92 Å². The molecule has 3 heteroatoms. The van der Waals surface area contributed by atoms with Crippen molar-refractivity contribution in [1.29, 1.82) is 0 Å². The lowest BCUT2D eigenvalue weighted by Gasteiger charge is -2.38. The summed E-state index contributed by atoms with van der Waals surface area (Å²) >= 11 is 0. The maximum absolute atomic E-state index is 8.77. The van der Waals surface area contributed by atoms with Crippen LogP contribution in [0, 0.1) is 5.92 Å². The van der Waals surface area contributed by atoms with Crippen LogP contribution in [0.15, 0.2) is 0 Å². The lowest BCUT2D eigenvalue weighted by Crippen LogP contribution is -2.48. The van der Waals surface area contributed by atoms with Gasteiger partial charge in [0.1, 0.15) is 0 Å². The predicted molar refractivity (Wildman–Crippen MR) is 48.1 cm³/mol. The van der Waals surface area contributed by atoms with Gasteiger partial charge in [0.25, 0.3) is 0 Å². The molecule has 1 saturated heterocycles. The van der Waals surface area contributed by atoms with Crippen molar-refractivity contribution in [3.8, 4) is 0 Å². The monoisotopic (exact) mass is 173 g/mol. The number of nitrogens with zero attached hydrogens (tertiary/aromatic N) is 1. The third-order valence-electron chi connectivity index (χ3n) is 2.36. The Labute approximate surface area is 74.3 Å². The molecule has 1 N–H and O–H groups in total. The predicted octanol–water partition coefficient (Wildman–Crippen LogP) is 0.337. The van der Waals surface area contributed by atoms with Crippen molar-refractivity contribution in [2.75, 3.05) is 40.0 Å². The summed E-state index contributed by atoms with van der Waals surface area (Å²) in [6.45, 7) is 4.57. The van der Waals surface area contributed by atoms with Crippen molar-refractivity contribution in [3.63, 3.8) is 0 Å². The highest BCUT2D eigenvalue weighted by atomic mass is 16.5. The second-order valence-corrected chi connectivity index (χ2v) is 3.51. The van der Waals surface area contributed by atoms with Crippen LogP contribution in [0.4, 0.5) is 0 Å². The van der Waals surface area contributed by atoms with Gasteiger partial charge in [0.2, 0.25) is 0 Å². The van der Waals surface area contributed by atoms with Gasteiger partial charge >= 0.3 is 0 Å². The molecule has 1 aliphatic heterocycles. The Balaban J connectivity index is 1.83. The minimum absolute atomic E-state index is 0.356. The Morgan fingerprint density at radius 2 is 2.17 bits per heavy atom. The average molecular weight is 173 g/mol. The van der Waals surface area contributed by atoms with Gasteiger partial charge in [0.05, 0.1) is 0 Å². The van der Waals surface area contributed by atoms with E-state index in [4.69, 9.17) is 9.84 Å². The number of ether oxygens (including phenoxy) is 1. The molecule has 3 nitrogen and oxygen atoms in total. The van der Waals surface area contributed by atoms with Gasteiger partial charge in [-0.05, 0) is 19.4 Å². The van der Waals surface area contributed by atoms with E-state index in [2.05, 4.69) is 4.90 Å². The van der Waals surface area contributed by atoms with Gasteiger partial charge in [0.15, 0.2) is 0 Å². The highest BCUT2D eigenvalue weighted by molar-refractivity contribution is 4.78. The zero-order valence-corrected chi connectivity index (χ0v) is 7.83. The van der Waals surface area contributed by atoms with E-state index in [9.17, 15) is 0 Å². The van der Waals surface area contributed by atoms with E-state index in [0.29, 0.717) is 12.5 Å². The molecule has 0 atom stereocenters. The Hall–Kier alpha value is -0.120. The van der Waals surface area contributed by atoms with Crippen LogP contribution >= 0.6 is 0 Å². The summed E-state index contributed by atoms with van der Waals surface area (Å²) in [4.78, 5) is 2.39. The lowest BCUT2D eigenvalue weighted by molar-refractivity contribution is 0.0510. The topological polar surface area (TPSA) is 32.7 Å². The number of hydrogen-bond acceptors (Lipinski definition) is 3. The van der Waals surface area contributed by atoms with Crippen LogP contribution in [0.1, 0.15) is 12.8 Å². The van der Waals surface area contributed by atoms with Gasteiger partial charge in [0, 0.05) is 39.3 Å². The first-order chi connectivity index (χ1) is 5.86. The number of unbranched alkanes of at least 4 members (excludes halogenated alkanes) is 1. The molecule has 0 aliphatic carbocycles. The summed E-state index contributed by atoms with van der Waals surface area (Å²) < 4.78 is 4.96. The van der Waals surface area contributed by atoms with Crippen molar-refractivity contribution in [1.82, 2.24) is 4.90 Å². The average Bonchev–Trinajstić information content (AvgIpc) is 2.01. The van der Waals surface area contributed by atoms with Crippen LogP contribution in [0.2, 0.25) is 0 Å². The molecule has 0 aromatic rings. The molecule has 0 radical (unpaired) electrons. The molecule has 72 valence electrons. The number of likely N-dealkylation sites (tertiary alicyclic amines) is 1. The first kappa shape index (κ1) is 9.96. The molecule has 0 bridgehead atoms. The van der Waals surface area contributed by atoms with Gasteiger partial charge in [-0.1, -0.05) is 0 Å². The molecule has 0 aromatic carbocycles. The van der Waals surface area contributed by atoms with Crippen molar-refractivity contribution >= 4 is 0 Å². The van der Waals surface area contributed by atoms with Crippen LogP contribution in [-0.2, 0) is 4.74 Å². The van der Waals surface area contributed by atoms with Crippen molar-refractivity contribution in [2.45, 2.75) is 12.8 Å². The maximum Gasteiger partial charge on any atom is 0.0483 e. The summed E-state index contributed by atoms with van der Waals surface area (Å²) in [5.74, 6) is 0.549. The van der Waals surface area contributed by atoms with Crippen LogP contribution < -0.4 is 0 Å². The number of hydrogen-bond donors (Lipinski definition) is 1. The second-order valence-electron chi connectivity index (χ2n) is 3.51. The summed E-state index contributed by atoms with van der Waals surface area (Å²) in [7, 11) is 1.74. The largest absolute Gasteiger partial charge is 0.396 e. The molecule has 1 rings (SSSR count). The van der Waals surface area contributed by atoms with Crippen molar-refractivity contribution in [3.05, 3.63) is 0 Å². The second kappa shape index (κ2) is 5.51. The van der Waals surface area contributed by atoms with Gasteiger partial charge in [-0.2, -0.15) is 0 Å². The maximum atomic E-state index is 8.77. The molecule has 0 unspecified atom stereocenters. The van der Waals surface area contributed by atoms with E-state index < -0.39 is 0 Å². The third kappa shape index (κ3) is 3.09. The Kier molecular flexibility index (Phi) is 4.58. The molecular formula is C9H19NO2. The normalized spacial score (nSPS) is 19.5. The van der Waals surface area contributed by atoms with Gasteiger partial charge in [-0.3, -0.25) is 0 Å². The minimum atomic E-state index is 0.356. The fraction of sp³-hybridized carbons (Fsp3) is 1.00. The summed E-state index contributed by atoms with van der Waals surface area (Å²) in [5.41, 5.74) is 0. The highest BCUT2D eigenvalue weighted by Gasteiger charge is 2.24. The number of aliphatic hydroxyl groups is 1. The summed E-state index contributed by atoms with van der Waals surface area (Å²) in [5, 5.41) is 8.77. The van der Waals surface area contributed by atoms with E-state index in [1.165, 1.54) is 13.0 Å². The van der Waals surface area contributed by atoms with Gasteiger partial charge < -0.3 is 14.7 Å². The molecule has 1 heterocycles. The van der Waals surface area contributed by atoms with Gasteiger partial charge in [-0.25, -0.2) is 0 Å². The van der Waals surface area contributed by atoms with Gasteiger partial charge in [-0.15, -0.1) is 0 Å². The van der Waals surface area contributed by atoms with Crippen LogP contribution in [-0.4, -0.2) is 50.0 Å². The lowest BCUT2D eigenvalue weighted by atomic mass is 10.0. The van der Waals surface area contributed by atoms with E-state index in [0.717, 1.165) is 26.1 Å². The molecule has 12 heavy (non-hydrogen) atoms. The summed E-state index contributed by atoms with van der Waals surface area (Å²) in [6, 6.07) is 0. The fourth-order valence-electron chi connectivity index (χ4n) is 1.56. The van der Waals surface area contributed by atoms with E-state index >= 15 is 0 Å². The molecule has 1 aliphatic rings. The van der Waals surface area contributed by atoms with E-state index in [1.54, 1.807) is 7.11 Å². The Morgan fingerprint density at radius 3 is 2.75 bits per heavy atom. The zero-order chi connectivity index (χ0) is 8.81. The third-order valence-corrected chi connectivity index (χ3v) is 2.36. The van der Waals surface area contributed by atoms with Crippen LogP contribution in [0.25, 0.3) is 0 Å². The fourth-order valence-corrected chi connectivity index (χ4v) is 1.56. The Bertz CT molecular complexity index is 113. The SMILES string of the molecule is COCCCCN1CC(CO)C1. The number of methoxy groups -OCH3 is 1. The number of rotatable bonds is 6. The number of aliphatic hydroxyl groups excluding tert-OH is 1. The molecule has 1 fully saturated rings. The minimum Gasteiger partial charge on any atom is -0.396 e. The van der Waals surface area contributed by atoms with E-state index in [-0.39, 0.29) is 0 Å². The quantitative estimate of drug-likeness (QED) is 0.588. The van der Waals surface area contributed by atoms with E-state index in [1.807, 2.05) is 0 Å². The molecule has 0 saturated carbocycles. The molecule has 0 spiro atoms. The standard InChI is InChI=1S/C9H19NO2/c1-12-5-3-2-4-10-6-9(7-10)8-11/h9,11H,2-8H2,1H3. The molecule has 0 amide bonds. The molecular weight excluding hydrogens is 154 g/mol. The first-order valence-corrected chi connectivity index (χ1v) is 4.69. The summed E-state index contributed by atoms with van der Waals surface area (Å²) in [6.07, 6.45) is 2.36. The first-order valence-electron chi connectivity index (χ1n) is 4.69. The Morgan fingerprint density at radius 1 is 1.42 bits per heavy atom. The molecule has 0 aromatic heterocycles.